The van der Waals surface area contributed by atoms with E-state index >= 15 is 0 Å². The van der Waals surface area contributed by atoms with Gasteiger partial charge in [0.15, 0.2) is 0 Å². The molecule has 0 amide bonds. The topological polar surface area (TPSA) is 49.3 Å². The van der Waals surface area contributed by atoms with Gasteiger partial charge in [-0.2, -0.15) is 0 Å². The molecule has 1 unspecified atom stereocenters. The Morgan fingerprint density at radius 1 is 1.50 bits per heavy atom. The van der Waals surface area contributed by atoms with E-state index in [1.165, 1.54) is 31.3 Å². The number of carbonyl (C=O) groups is 1. The molecule has 2 atom stereocenters. The molecule has 2 N–H and O–H groups in total. The summed E-state index contributed by atoms with van der Waals surface area (Å²) >= 11 is 0. The second-order valence-electron chi connectivity index (χ2n) is 4.26. The molecule has 1 heterocycles. The van der Waals surface area contributed by atoms with Crippen LogP contribution in [0, 0.1) is 5.92 Å². The lowest BCUT2D eigenvalue weighted by Crippen LogP contribution is -2.29. The van der Waals surface area contributed by atoms with Crippen LogP contribution in [0.4, 0.5) is 0 Å². The largest absolute Gasteiger partial charge is 0.480 e. The zero-order chi connectivity index (χ0) is 9.97. The third kappa shape index (κ3) is 1.98. The Balaban J connectivity index is 1.94. The SMILES string of the molecule is O=C(O)[C@@H]1CC(C2=CCCCC2)CN1. The van der Waals surface area contributed by atoms with Gasteiger partial charge in [-0.3, -0.25) is 4.79 Å². The van der Waals surface area contributed by atoms with Crippen LogP contribution >= 0.6 is 0 Å². The lowest BCUT2D eigenvalue weighted by molar-refractivity contribution is -0.139. The van der Waals surface area contributed by atoms with E-state index in [9.17, 15) is 4.79 Å². The Hall–Kier alpha value is -0.830. The van der Waals surface area contributed by atoms with Gasteiger partial charge in [0, 0.05) is 6.54 Å². The maximum atomic E-state index is 10.7. The Labute approximate surface area is 84.2 Å². The van der Waals surface area contributed by atoms with Crippen LogP contribution in [0.25, 0.3) is 0 Å². The highest BCUT2D eigenvalue weighted by Crippen LogP contribution is 2.29. The average Bonchev–Trinajstić information content (AvgIpc) is 2.68. The molecule has 0 bridgehead atoms. The highest BCUT2D eigenvalue weighted by Gasteiger charge is 2.31. The molecule has 0 radical (unpaired) electrons. The van der Waals surface area contributed by atoms with E-state index in [2.05, 4.69) is 11.4 Å². The van der Waals surface area contributed by atoms with Crippen molar-refractivity contribution in [3.8, 4) is 0 Å². The van der Waals surface area contributed by atoms with E-state index in [0.29, 0.717) is 5.92 Å². The zero-order valence-electron chi connectivity index (χ0n) is 8.33. The molecule has 0 spiro atoms. The fourth-order valence-corrected chi connectivity index (χ4v) is 2.44. The summed E-state index contributed by atoms with van der Waals surface area (Å²) in [5.74, 6) is -0.222. The van der Waals surface area contributed by atoms with Crippen LogP contribution in [0.1, 0.15) is 32.1 Å². The molecule has 0 saturated carbocycles. The highest BCUT2D eigenvalue weighted by atomic mass is 16.4. The minimum Gasteiger partial charge on any atom is -0.480 e. The molecule has 78 valence electrons. The Morgan fingerprint density at radius 3 is 2.93 bits per heavy atom. The van der Waals surface area contributed by atoms with E-state index in [4.69, 9.17) is 5.11 Å². The number of nitrogens with one attached hydrogen (secondary N) is 1. The first-order valence-corrected chi connectivity index (χ1v) is 5.42. The first-order valence-electron chi connectivity index (χ1n) is 5.42. The Kier molecular flexibility index (Phi) is 2.87. The summed E-state index contributed by atoms with van der Waals surface area (Å²) in [6.45, 7) is 0.850. The molecule has 1 saturated heterocycles. The number of hydrogen-bond acceptors (Lipinski definition) is 2. The third-order valence-corrected chi connectivity index (χ3v) is 3.28. The van der Waals surface area contributed by atoms with Crippen molar-refractivity contribution in [3.63, 3.8) is 0 Å². The smallest absolute Gasteiger partial charge is 0.320 e. The molecule has 1 fully saturated rings. The van der Waals surface area contributed by atoms with Crippen LogP contribution in [-0.4, -0.2) is 23.7 Å². The lowest BCUT2D eigenvalue weighted by atomic mass is 9.88. The van der Waals surface area contributed by atoms with Gasteiger partial charge in [-0.25, -0.2) is 0 Å². The normalized spacial score (nSPS) is 32.7. The van der Waals surface area contributed by atoms with Crippen molar-refractivity contribution in [3.05, 3.63) is 11.6 Å². The maximum absolute atomic E-state index is 10.7. The van der Waals surface area contributed by atoms with Gasteiger partial charge in [0.05, 0.1) is 0 Å². The second-order valence-corrected chi connectivity index (χ2v) is 4.26. The number of carboxylic acids is 1. The van der Waals surface area contributed by atoms with Crippen molar-refractivity contribution in [2.75, 3.05) is 6.54 Å². The first-order chi connectivity index (χ1) is 6.77. The van der Waals surface area contributed by atoms with Gasteiger partial charge in [-0.1, -0.05) is 11.6 Å². The van der Waals surface area contributed by atoms with Crippen LogP contribution < -0.4 is 5.32 Å². The standard InChI is InChI=1S/C11H17NO2/c13-11(14)10-6-9(7-12-10)8-4-2-1-3-5-8/h4,9-10,12H,1-3,5-7H2,(H,13,14)/t9?,10-/m0/s1. The van der Waals surface area contributed by atoms with Crippen molar-refractivity contribution >= 4 is 5.97 Å². The van der Waals surface area contributed by atoms with E-state index in [1.807, 2.05) is 0 Å². The molecule has 0 aromatic rings. The van der Waals surface area contributed by atoms with Crippen molar-refractivity contribution < 1.29 is 9.90 Å². The van der Waals surface area contributed by atoms with Crippen molar-refractivity contribution in [2.24, 2.45) is 5.92 Å². The maximum Gasteiger partial charge on any atom is 0.320 e. The quantitative estimate of drug-likeness (QED) is 0.657. The Morgan fingerprint density at radius 2 is 2.36 bits per heavy atom. The van der Waals surface area contributed by atoms with Crippen LogP contribution in [0.5, 0.6) is 0 Å². The second kappa shape index (κ2) is 4.13. The van der Waals surface area contributed by atoms with Crippen molar-refractivity contribution in [1.82, 2.24) is 5.32 Å². The van der Waals surface area contributed by atoms with Gasteiger partial charge < -0.3 is 10.4 Å². The molecule has 0 aromatic heterocycles. The fraction of sp³-hybridized carbons (Fsp3) is 0.727. The summed E-state index contributed by atoms with van der Waals surface area (Å²) in [4.78, 5) is 10.7. The average molecular weight is 195 g/mol. The van der Waals surface area contributed by atoms with E-state index < -0.39 is 5.97 Å². The monoisotopic (exact) mass is 195 g/mol. The molecule has 2 aliphatic rings. The summed E-state index contributed by atoms with van der Waals surface area (Å²) in [5.41, 5.74) is 1.49. The third-order valence-electron chi connectivity index (χ3n) is 3.28. The molecule has 0 aromatic carbocycles. The Bertz CT molecular complexity index is 260. The van der Waals surface area contributed by atoms with Gasteiger partial charge in [-0.15, -0.1) is 0 Å². The lowest BCUT2D eigenvalue weighted by Gasteiger charge is -2.17. The molecule has 3 heteroatoms. The van der Waals surface area contributed by atoms with E-state index in [-0.39, 0.29) is 6.04 Å². The van der Waals surface area contributed by atoms with E-state index in [0.717, 1.165) is 13.0 Å². The van der Waals surface area contributed by atoms with Gasteiger partial charge in [0.25, 0.3) is 0 Å². The number of carboxylic acid groups (broad SMARTS) is 1. The predicted molar refractivity (Wildman–Crippen MR) is 54.1 cm³/mol. The van der Waals surface area contributed by atoms with Crippen LogP contribution in [0.15, 0.2) is 11.6 Å². The number of rotatable bonds is 2. The van der Waals surface area contributed by atoms with Gasteiger partial charge in [-0.05, 0) is 38.0 Å². The first kappa shape index (κ1) is 9.71. The predicted octanol–water partition coefficient (Wildman–Crippen LogP) is 1.55. The molecule has 14 heavy (non-hydrogen) atoms. The van der Waals surface area contributed by atoms with Crippen molar-refractivity contribution in [1.29, 1.82) is 0 Å². The van der Waals surface area contributed by atoms with Gasteiger partial charge in [0.1, 0.15) is 6.04 Å². The zero-order valence-corrected chi connectivity index (χ0v) is 8.33. The summed E-state index contributed by atoms with van der Waals surface area (Å²) in [6, 6.07) is -0.317. The fourth-order valence-electron chi connectivity index (χ4n) is 2.44. The number of aliphatic carboxylic acids is 1. The summed E-state index contributed by atoms with van der Waals surface area (Å²) in [7, 11) is 0. The summed E-state index contributed by atoms with van der Waals surface area (Å²) in [5, 5.41) is 11.9. The van der Waals surface area contributed by atoms with Crippen molar-refractivity contribution in [2.45, 2.75) is 38.1 Å². The molecular formula is C11H17NO2. The molecule has 3 nitrogen and oxygen atoms in total. The minimum atomic E-state index is -0.705. The van der Waals surface area contributed by atoms with Gasteiger partial charge in [0.2, 0.25) is 0 Å². The molecule has 1 aliphatic carbocycles. The minimum absolute atomic E-state index is 0.317. The van der Waals surface area contributed by atoms with Crippen LogP contribution in [-0.2, 0) is 4.79 Å². The van der Waals surface area contributed by atoms with Gasteiger partial charge >= 0.3 is 5.97 Å². The number of allylic oxidation sites excluding steroid dienone is 1. The molecular weight excluding hydrogens is 178 g/mol. The number of hydrogen-bond donors (Lipinski definition) is 2. The molecule has 1 aliphatic heterocycles. The summed E-state index contributed by atoms with van der Waals surface area (Å²) in [6.07, 6.45) is 8.04. The van der Waals surface area contributed by atoms with E-state index in [1.54, 1.807) is 0 Å². The molecule has 2 rings (SSSR count). The van der Waals surface area contributed by atoms with Crippen LogP contribution in [0.3, 0.4) is 0 Å². The highest BCUT2D eigenvalue weighted by molar-refractivity contribution is 5.74. The van der Waals surface area contributed by atoms with Crippen LogP contribution in [0.2, 0.25) is 0 Å². The summed E-state index contributed by atoms with van der Waals surface area (Å²) < 4.78 is 0.